The second-order valence-corrected chi connectivity index (χ2v) is 5.89. The first kappa shape index (κ1) is 15.3. The summed E-state index contributed by atoms with van der Waals surface area (Å²) in [4.78, 5) is 29.3. The molecule has 7 heteroatoms. The summed E-state index contributed by atoms with van der Waals surface area (Å²) in [6.45, 7) is 6.03. The van der Waals surface area contributed by atoms with E-state index in [4.69, 9.17) is 9.15 Å². The van der Waals surface area contributed by atoms with Gasteiger partial charge in [-0.05, 0) is 33.6 Å². The minimum atomic E-state index is -0.563. The molecule has 2 rings (SSSR count). The van der Waals surface area contributed by atoms with Gasteiger partial charge in [-0.3, -0.25) is 4.90 Å². The number of oxazole rings is 1. The molecule has 0 N–H and O–H groups in total. The largest absolute Gasteiger partial charge is 0.464 e. The predicted octanol–water partition coefficient (Wildman–Crippen LogP) is 2.53. The fourth-order valence-corrected chi connectivity index (χ4v) is 2.20. The molecule has 21 heavy (non-hydrogen) atoms. The Morgan fingerprint density at radius 2 is 2.14 bits per heavy atom. The molecule has 1 fully saturated rings. The lowest BCUT2D eigenvalue weighted by Gasteiger charge is -2.27. The van der Waals surface area contributed by atoms with Crippen molar-refractivity contribution in [1.82, 2.24) is 9.88 Å². The number of methoxy groups -OCH3 is 1. The molecule has 1 aromatic rings. The van der Waals surface area contributed by atoms with Crippen LogP contribution in [0.2, 0.25) is 0 Å². The maximum absolute atomic E-state index is 12.2. The van der Waals surface area contributed by atoms with Gasteiger partial charge in [-0.25, -0.2) is 14.6 Å². The zero-order valence-electron chi connectivity index (χ0n) is 12.7. The summed E-state index contributed by atoms with van der Waals surface area (Å²) in [5, 5.41) is 0. The molecule has 2 heterocycles. The highest BCUT2D eigenvalue weighted by Gasteiger charge is 2.36. The number of hydrogen-bond acceptors (Lipinski definition) is 6. The van der Waals surface area contributed by atoms with Gasteiger partial charge in [0.2, 0.25) is 5.89 Å². The van der Waals surface area contributed by atoms with Gasteiger partial charge in [0.15, 0.2) is 5.69 Å². The standard InChI is InChI=1S/C14H20N2O5/c1-14(2,3)21-13(18)16-7-5-6-10(16)11-15-9(8-20-11)12(17)19-4/h8,10H,5-7H2,1-4H3/t10-/m0/s1. The lowest BCUT2D eigenvalue weighted by atomic mass is 10.2. The molecule has 0 aromatic carbocycles. The number of hydrogen-bond donors (Lipinski definition) is 0. The highest BCUT2D eigenvalue weighted by atomic mass is 16.6. The Bertz CT molecular complexity index is 532. The average Bonchev–Trinajstić information content (AvgIpc) is 3.03. The van der Waals surface area contributed by atoms with Crippen molar-refractivity contribution in [2.45, 2.75) is 45.3 Å². The molecule has 0 spiro atoms. The van der Waals surface area contributed by atoms with Crippen LogP contribution in [-0.2, 0) is 9.47 Å². The SMILES string of the molecule is COC(=O)c1coc([C@@H]2CCCN2C(=O)OC(C)(C)C)n1. The van der Waals surface area contributed by atoms with Crippen LogP contribution in [0, 0.1) is 0 Å². The maximum Gasteiger partial charge on any atom is 0.410 e. The summed E-state index contributed by atoms with van der Waals surface area (Å²) in [6.07, 6.45) is 2.40. The van der Waals surface area contributed by atoms with E-state index < -0.39 is 17.7 Å². The van der Waals surface area contributed by atoms with Gasteiger partial charge in [-0.15, -0.1) is 0 Å². The number of likely N-dealkylation sites (tertiary alicyclic amines) is 1. The summed E-state index contributed by atoms with van der Waals surface area (Å²) in [6, 6.07) is -0.307. The second kappa shape index (κ2) is 5.75. The summed E-state index contributed by atoms with van der Waals surface area (Å²) in [5.74, 6) is -0.231. The number of carbonyl (C=O) groups excluding carboxylic acids is 2. The number of esters is 1. The number of amides is 1. The van der Waals surface area contributed by atoms with Crippen LogP contribution >= 0.6 is 0 Å². The van der Waals surface area contributed by atoms with E-state index in [1.807, 2.05) is 20.8 Å². The summed E-state index contributed by atoms with van der Waals surface area (Å²) in [7, 11) is 1.28. The number of aromatic nitrogens is 1. The van der Waals surface area contributed by atoms with E-state index in [1.165, 1.54) is 13.4 Å². The molecule has 0 saturated carbocycles. The van der Waals surface area contributed by atoms with E-state index >= 15 is 0 Å². The molecule has 1 aromatic heterocycles. The third kappa shape index (κ3) is 3.53. The fraction of sp³-hybridized carbons (Fsp3) is 0.643. The molecule has 1 amide bonds. The van der Waals surface area contributed by atoms with Crippen molar-refractivity contribution in [2.24, 2.45) is 0 Å². The van der Waals surface area contributed by atoms with Crippen molar-refractivity contribution in [3.63, 3.8) is 0 Å². The highest BCUT2D eigenvalue weighted by molar-refractivity contribution is 5.86. The van der Waals surface area contributed by atoms with Crippen molar-refractivity contribution in [3.05, 3.63) is 17.8 Å². The number of ether oxygens (including phenoxy) is 2. The van der Waals surface area contributed by atoms with Crippen LogP contribution in [0.15, 0.2) is 10.7 Å². The molecule has 1 aliphatic heterocycles. The van der Waals surface area contributed by atoms with E-state index in [0.717, 1.165) is 12.8 Å². The predicted molar refractivity (Wildman–Crippen MR) is 72.8 cm³/mol. The van der Waals surface area contributed by atoms with Crippen LogP contribution in [0.3, 0.4) is 0 Å². The van der Waals surface area contributed by atoms with E-state index in [9.17, 15) is 9.59 Å². The van der Waals surface area contributed by atoms with Crippen molar-refractivity contribution < 1.29 is 23.5 Å². The third-order valence-electron chi connectivity index (χ3n) is 3.08. The summed E-state index contributed by atoms with van der Waals surface area (Å²) >= 11 is 0. The molecule has 0 aliphatic carbocycles. The Kier molecular flexibility index (Phi) is 4.20. The van der Waals surface area contributed by atoms with Gasteiger partial charge in [-0.1, -0.05) is 0 Å². The van der Waals surface area contributed by atoms with Crippen LogP contribution in [0.5, 0.6) is 0 Å². The number of carbonyl (C=O) groups is 2. The van der Waals surface area contributed by atoms with Crippen LogP contribution in [0.25, 0.3) is 0 Å². The van der Waals surface area contributed by atoms with Crippen LogP contribution in [0.1, 0.15) is 56.0 Å². The highest BCUT2D eigenvalue weighted by Crippen LogP contribution is 2.32. The molecule has 0 radical (unpaired) electrons. The molecule has 0 unspecified atom stereocenters. The van der Waals surface area contributed by atoms with Gasteiger partial charge in [0, 0.05) is 6.54 Å². The molecule has 1 atom stereocenters. The summed E-state index contributed by atoms with van der Waals surface area (Å²) < 4.78 is 15.3. The van der Waals surface area contributed by atoms with E-state index in [-0.39, 0.29) is 11.7 Å². The monoisotopic (exact) mass is 296 g/mol. The maximum atomic E-state index is 12.2. The molecule has 1 saturated heterocycles. The van der Waals surface area contributed by atoms with Gasteiger partial charge < -0.3 is 13.9 Å². The lowest BCUT2D eigenvalue weighted by Crippen LogP contribution is -2.36. The molecule has 116 valence electrons. The minimum Gasteiger partial charge on any atom is -0.464 e. The first-order chi connectivity index (χ1) is 9.81. The zero-order chi connectivity index (χ0) is 15.6. The fourth-order valence-electron chi connectivity index (χ4n) is 2.20. The van der Waals surface area contributed by atoms with E-state index in [0.29, 0.717) is 12.4 Å². The Balaban J connectivity index is 2.13. The van der Waals surface area contributed by atoms with Gasteiger partial charge in [0.25, 0.3) is 0 Å². The smallest absolute Gasteiger partial charge is 0.410 e. The normalized spacial score (nSPS) is 18.7. The topological polar surface area (TPSA) is 81.9 Å². The zero-order valence-corrected chi connectivity index (χ0v) is 12.7. The third-order valence-corrected chi connectivity index (χ3v) is 3.08. The van der Waals surface area contributed by atoms with Crippen molar-refractivity contribution in [2.75, 3.05) is 13.7 Å². The Morgan fingerprint density at radius 3 is 2.76 bits per heavy atom. The van der Waals surface area contributed by atoms with Crippen LogP contribution < -0.4 is 0 Å². The first-order valence-electron chi connectivity index (χ1n) is 6.85. The Labute approximate surface area is 123 Å². The lowest BCUT2D eigenvalue weighted by molar-refractivity contribution is 0.0204. The molecule has 7 nitrogen and oxygen atoms in total. The first-order valence-corrected chi connectivity index (χ1v) is 6.85. The van der Waals surface area contributed by atoms with Crippen molar-refractivity contribution in [1.29, 1.82) is 0 Å². The van der Waals surface area contributed by atoms with Gasteiger partial charge in [0.05, 0.1) is 7.11 Å². The Hall–Kier alpha value is -2.05. The molecule has 0 bridgehead atoms. The van der Waals surface area contributed by atoms with Gasteiger partial charge in [0.1, 0.15) is 17.9 Å². The van der Waals surface area contributed by atoms with E-state index in [1.54, 1.807) is 4.90 Å². The Morgan fingerprint density at radius 1 is 1.43 bits per heavy atom. The van der Waals surface area contributed by atoms with Crippen molar-refractivity contribution in [3.8, 4) is 0 Å². The second-order valence-electron chi connectivity index (χ2n) is 5.89. The number of rotatable bonds is 2. The van der Waals surface area contributed by atoms with Crippen LogP contribution in [0.4, 0.5) is 4.79 Å². The number of nitrogens with zero attached hydrogens (tertiary/aromatic N) is 2. The van der Waals surface area contributed by atoms with Gasteiger partial charge >= 0.3 is 12.1 Å². The van der Waals surface area contributed by atoms with E-state index in [2.05, 4.69) is 9.72 Å². The molecular formula is C14H20N2O5. The molecule has 1 aliphatic rings. The quantitative estimate of drug-likeness (QED) is 0.780. The minimum absolute atomic E-state index is 0.100. The van der Waals surface area contributed by atoms with Gasteiger partial charge in [-0.2, -0.15) is 0 Å². The molecular weight excluding hydrogens is 276 g/mol. The van der Waals surface area contributed by atoms with Crippen LogP contribution in [-0.4, -0.2) is 41.2 Å². The summed E-state index contributed by atoms with van der Waals surface area (Å²) in [5.41, 5.74) is -0.457. The van der Waals surface area contributed by atoms with Crippen molar-refractivity contribution >= 4 is 12.1 Å². The average molecular weight is 296 g/mol.